The SMILES string of the molecule is CCOc1cc(/C=C2/SC(=S)N(C(C(=O)OC)c3ccccc3)C2=O)ccc1OCC(=O)N(CC)CC. The van der Waals surface area contributed by atoms with Crippen LogP contribution in [0.15, 0.2) is 53.4 Å². The number of thiocarbonyl (C=S) groups is 1. The van der Waals surface area contributed by atoms with Gasteiger partial charge in [-0.25, -0.2) is 4.79 Å². The Morgan fingerprint density at radius 2 is 1.76 bits per heavy atom. The predicted molar refractivity (Wildman–Crippen MR) is 147 cm³/mol. The van der Waals surface area contributed by atoms with Crippen molar-refractivity contribution in [3.05, 3.63) is 64.6 Å². The number of nitrogens with zero attached hydrogens (tertiary/aromatic N) is 2. The van der Waals surface area contributed by atoms with Crippen molar-refractivity contribution < 1.29 is 28.6 Å². The average molecular weight is 543 g/mol. The minimum atomic E-state index is -0.984. The number of thioether (sulfide) groups is 1. The molecule has 2 amide bonds. The first kappa shape index (κ1) is 28.2. The number of likely N-dealkylation sites (N-methyl/N-ethyl adjacent to an activating group) is 1. The fourth-order valence-corrected chi connectivity index (χ4v) is 5.11. The minimum Gasteiger partial charge on any atom is -0.490 e. The maximum atomic E-state index is 13.4. The molecular weight excluding hydrogens is 512 g/mol. The van der Waals surface area contributed by atoms with Gasteiger partial charge >= 0.3 is 5.97 Å². The molecule has 37 heavy (non-hydrogen) atoms. The lowest BCUT2D eigenvalue weighted by Gasteiger charge is -2.24. The predicted octanol–water partition coefficient (Wildman–Crippen LogP) is 4.45. The molecule has 0 saturated carbocycles. The number of hydrogen-bond donors (Lipinski definition) is 0. The standard InChI is InChI=1S/C27H30N2O6S2/c1-5-28(6-2)23(30)17-35-20-14-13-18(15-21(20)34-7-3)16-22-25(31)29(27(36)37-22)24(26(32)33-4)19-11-9-8-10-12-19/h8-16,24H,5-7,17H2,1-4H3/b22-16+. The second kappa shape index (κ2) is 13.3. The summed E-state index contributed by atoms with van der Waals surface area (Å²) < 4.78 is 16.7. The molecule has 0 N–H and O–H groups in total. The molecule has 2 aromatic carbocycles. The summed E-state index contributed by atoms with van der Waals surface area (Å²) in [6.07, 6.45) is 1.69. The van der Waals surface area contributed by atoms with Crippen LogP contribution in [-0.2, 0) is 19.1 Å². The van der Waals surface area contributed by atoms with E-state index in [1.807, 2.05) is 26.8 Å². The molecular formula is C27H30N2O6S2. The smallest absolute Gasteiger partial charge is 0.333 e. The van der Waals surface area contributed by atoms with Crippen molar-refractivity contribution in [3.8, 4) is 11.5 Å². The van der Waals surface area contributed by atoms with Crippen molar-refractivity contribution in [2.75, 3.05) is 33.4 Å². The lowest BCUT2D eigenvalue weighted by atomic mass is 10.1. The highest BCUT2D eigenvalue weighted by atomic mass is 32.2. The summed E-state index contributed by atoms with van der Waals surface area (Å²) in [7, 11) is 1.28. The summed E-state index contributed by atoms with van der Waals surface area (Å²) in [5.74, 6) is -0.197. The first-order valence-electron chi connectivity index (χ1n) is 11.9. The lowest BCUT2D eigenvalue weighted by Crippen LogP contribution is -2.37. The quantitative estimate of drug-likeness (QED) is 0.234. The largest absolute Gasteiger partial charge is 0.490 e. The van der Waals surface area contributed by atoms with E-state index in [1.54, 1.807) is 53.4 Å². The monoisotopic (exact) mass is 542 g/mol. The van der Waals surface area contributed by atoms with Crippen LogP contribution in [0.1, 0.15) is 37.9 Å². The normalized spacial score (nSPS) is 15.0. The van der Waals surface area contributed by atoms with Gasteiger partial charge in [0.25, 0.3) is 11.8 Å². The lowest BCUT2D eigenvalue weighted by molar-refractivity contribution is -0.148. The molecule has 1 unspecified atom stereocenters. The Kier molecular flexibility index (Phi) is 10.1. The highest BCUT2D eigenvalue weighted by Crippen LogP contribution is 2.39. The van der Waals surface area contributed by atoms with Gasteiger partial charge in [-0.2, -0.15) is 0 Å². The number of esters is 1. The summed E-state index contributed by atoms with van der Waals surface area (Å²) in [5, 5.41) is 0. The second-order valence-electron chi connectivity index (χ2n) is 7.88. The molecule has 2 aromatic rings. The van der Waals surface area contributed by atoms with Gasteiger partial charge < -0.3 is 19.1 Å². The molecule has 1 aliphatic rings. The molecule has 0 radical (unpaired) electrons. The summed E-state index contributed by atoms with van der Waals surface area (Å²) in [6, 6.07) is 13.1. The Morgan fingerprint density at radius 3 is 2.38 bits per heavy atom. The van der Waals surface area contributed by atoms with Crippen LogP contribution in [0.2, 0.25) is 0 Å². The Hall–Kier alpha value is -3.37. The van der Waals surface area contributed by atoms with Crippen LogP contribution in [0.3, 0.4) is 0 Å². The van der Waals surface area contributed by atoms with Crippen LogP contribution in [0.25, 0.3) is 6.08 Å². The number of carbonyl (C=O) groups is 3. The first-order chi connectivity index (χ1) is 17.8. The maximum Gasteiger partial charge on any atom is 0.333 e. The molecule has 0 bridgehead atoms. The number of rotatable bonds is 11. The van der Waals surface area contributed by atoms with Crippen molar-refractivity contribution in [2.45, 2.75) is 26.8 Å². The van der Waals surface area contributed by atoms with Crippen LogP contribution >= 0.6 is 24.0 Å². The summed E-state index contributed by atoms with van der Waals surface area (Å²) in [4.78, 5) is 41.7. The van der Waals surface area contributed by atoms with Crippen LogP contribution in [0, 0.1) is 0 Å². The van der Waals surface area contributed by atoms with Crippen molar-refractivity contribution in [3.63, 3.8) is 0 Å². The molecule has 1 atom stereocenters. The fourth-order valence-electron chi connectivity index (χ4n) is 3.80. The summed E-state index contributed by atoms with van der Waals surface area (Å²) >= 11 is 6.59. The van der Waals surface area contributed by atoms with Crippen molar-refractivity contribution in [1.29, 1.82) is 0 Å². The third-order valence-corrected chi connectivity index (χ3v) is 6.98. The molecule has 1 aliphatic heterocycles. The maximum absolute atomic E-state index is 13.4. The molecule has 0 aromatic heterocycles. The van der Waals surface area contributed by atoms with Crippen molar-refractivity contribution in [1.82, 2.24) is 9.80 Å². The van der Waals surface area contributed by atoms with Crippen LogP contribution in [0.5, 0.6) is 11.5 Å². The summed E-state index contributed by atoms with van der Waals surface area (Å²) in [5.41, 5.74) is 1.28. The van der Waals surface area contributed by atoms with E-state index in [-0.39, 0.29) is 16.8 Å². The zero-order chi connectivity index (χ0) is 26.9. The van der Waals surface area contributed by atoms with Gasteiger partial charge in [0.1, 0.15) is 4.32 Å². The second-order valence-corrected chi connectivity index (χ2v) is 9.56. The summed E-state index contributed by atoms with van der Waals surface area (Å²) in [6.45, 7) is 7.18. The molecule has 1 saturated heterocycles. The highest BCUT2D eigenvalue weighted by molar-refractivity contribution is 8.26. The van der Waals surface area contributed by atoms with Gasteiger partial charge in [0.05, 0.1) is 18.6 Å². The number of amides is 2. The molecule has 3 rings (SSSR count). The third kappa shape index (κ3) is 6.69. The Morgan fingerprint density at radius 1 is 1.05 bits per heavy atom. The van der Waals surface area contributed by atoms with Crippen LogP contribution in [-0.4, -0.2) is 65.3 Å². The fraction of sp³-hybridized carbons (Fsp3) is 0.333. The van der Waals surface area contributed by atoms with E-state index in [1.165, 1.54) is 12.0 Å². The number of methoxy groups -OCH3 is 1. The number of ether oxygens (including phenoxy) is 3. The van der Waals surface area contributed by atoms with Gasteiger partial charge in [-0.05, 0) is 50.1 Å². The van der Waals surface area contributed by atoms with Gasteiger partial charge in [0.2, 0.25) is 0 Å². The molecule has 0 aliphatic carbocycles. The number of benzene rings is 2. The molecule has 10 heteroatoms. The van der Waals surface area contributed by atoms with Crippen molar-refractivity contribution >= 4 is 52.2 Å². The van der Waals surface area contributed by atoms with Gasteiger partial charge in [-0.15, -0.1) is 0 Å². The van der Waals surface area contributed by atoms with E-state index < -0.39 is 17.9 Å². The molecule has 196 valence electrons. The van der Waals surface area contributed by atoms with Crippen LogP contribution in [0.4, 0.5) is 0 Å². The molecule has 0 spiro atoms. The molecule has 1 heterocycles. The molecule has 1 fully saturated rings. The van der Waals surface area contributed by atoms with E-state index in [0.29, 0.717) is 47.2 Å². The topological polar surface area (TPSA) is 85.4 Å². The zero-order valence-electron chi connectivity index (χ0n) is 21.3. The van der Waals surface area contributed by atoms with Crippen molar-refractivity contribution in [2.24, 2.45) is 0 Å². The number of hydrogen-bond acceptors (Lipinski definition) is 8. The Balaban J connectivity index is 1.85. The van der Waals surface area contributed by atoms with Gasteiger partial charge in [0, 0.05) is 13.1 Å². The van der Waals surface area contributed by atoms with Gasteiger partial charge in [-0.1, -0.05) is 60.4 Å². The van der Waals surface area contributed by atoms with E-state index in [2.05, 4.69) is 0 Å². The Labute approximate surface area is 226 Å². The Bertz CT molecular complexity index is 1180. The average Bonchev–Trinajstić information content (AvgIpc) is 3.17. The molecule has 8 nitrogen and oxygen atoms in total. The third-order valence-electron chi connectivity index (χ3n) is 5.65. The highest BCUT2D eigenvalue weighted by Gasteiger charge is 2.41. The van der Waals surface area contributed by atoms with Gasteiger partial charge in [-0.3, -0.25) is 14.5 Å². The minimum absolute atomic E-state index is 0.103. The van der Waals surface area contributed by atoms with Gasteiger partial charge in [0.15, 0.2) is 24.1 Å². The van der Waals surface area contributed by atoms with E-state index in [4.69, 9.17) is 26.4 Å². The van der Waals surface area contributed by atoms with Crippen LogP contribution < -0.4 is 9.47 Å². The van der Waals surface area contributed by atoms with E-state index in [9.17, 15) is 14.4 Å². The zero-order valence-corrected chi connectivity index (χ0v) is 22.9. The van der Waals surface area contributed by atoms with E-state index in [0.717, 1.165) is 11.8 Å². The van der Waals surface area contributed by atoms with E-state index >= 15 is 0 Å². The number of carbonyl (C=O) groups excluding carboxylic acids is 3. The first-order valence-corrected chi connectivity index (χ1v) is 13.1.